The standard InChI is InChI=1S/C21H24N2O5S/c24-21(22-13-17-6-7-19-20(12-17)28-15-27-19)18-8-10-23(11-9-18)29(25,26)14-16-4-2-1-3-5-16/h1-7,12,18H,8-11,13-15H2,(H,22,24). The summed E-state index contributed by atoms with van der Waals surface area (Å²) in [6.45, 7) is 1.37. The van der Waals surface area contributed by atoms with Crippen molar-refractivity contribution in [3.63, 3.8) is 0 Å². The molecule has 7 nitrogen and oxygen atoms in total. The quantitative estimate of drug-likeness (QED) is 0.781. The van der Waals surface area contributed by atoms with Crippen LogP contribution in [0.25, 0.3) is 0 Å². The average molecular weight is 416 g/mol. The van der Waals surface area contributed by atoms with Crippen molar-refractivity contribution in [3.05, 3.63) is 59.7 Å². The molecule has 0 spiro atoms. The lowest BCUT2D eigenvalue weighted by Gasteiger charge is -2.30. The predicted molar refractivity (Wildman–Crippen MR) is 108 cm³/mol. The maximum absolute atomic E-state index is 12.6. The zero-order chi connectivity index (χ0) is 20.3. The van der Waals surface area contributed by atoms with Crippen molar-refractivity contribution in [3.8, 4) is 11.5 Å². The van der Waals surface area contributed by atoms with E-state index in [-0.39, 0.29) is 24.4 Å². The van der Waals surface area contributed by atoms with E-state index in [1.54, 1.807) is 0 Å². The van der Waals surface area contributed by atoms with Gasteiger partial charge in [-0.25, -0.2) is 12.7 Å². The molecular formula is C21H24N2O5S. The number of sulfonamides is 1. The first kappa shape index (κ1) is 19.7. The summed E-state index contributed by atoms with van der Waals surface area (Å²) in [6, 6.07) is 14.8. The number of carbonyl (C=O) groups excluding carboxylic acids is 1. The van der Waals surface area contributed by atoms with Crippen LogP contribution in [0.3, 0.4) is 0 Å². The first-order valence-electron chi connectivity index (χ1n) is 9.69. The number of ether oxygens (including phenoxy) is 2. The number of nitrogens with one attached hydrogen (secondary N) is 1. The van der Waals surface area contributed by atoms with E-state index in [0.29, 0.717) is 44.0 Å². The van der Waals surface area contributed by atoms with E-state index < -0.39 is 10.0 Å². The molecule has 29 heavy (non-hydrogen) atoms. The van der Waals surface area contributed by atoms with E-state index in [1.165, 1.54) is 4.31 Å². The summed E-state index contributed by atoms with van der Waals surface area (Å²) < 4.78 is 37.4. The van der Waals surface area contributed by atoms with Gasteiger partial charge in [0, 0.05) is 25.6 Å². The fourth-order valence-electron chi connectivity index (χ4n) is 3.66. The van der Waals surface area contributed by atoms with Crippen LogP contribution in [-0.4, -0.2) is 38.5 Å². The first-order valence-corrected chi connectivity index (χ1v) is 11.3. The highest BCUT2D eigenvalue weighted by atomic mass is 32.2. The predicted octanol–water partition coefficient (Wildman–Crippen LogP) is 2.27. The fourth-order valence-corrected chi connectivity index (χ4v) is 5.22. The van der Waals surface area contributed by atoms with Gasteiger partial charge in [0.05, 0.1) is 5.75 Å². The van der Waals surface area contributed by atoms with Gasteiger partial charge in [0.15, 0.2) is 11.5 Å². The minimum absolute atomic E-state index is 0.00514. The molecule has 0 saturated carbocycles. The topological polar surface area (TPSA) is 84.9 Å². The highest BCUT2D eigenvalue weighted by Crippen LogP contribution is 2.32. The summed E-state index contributed by atoms with van der Waals surface area (Å²) in [7, 11) is -3.37. The number of hydrogen-bond donors (Lipinski definition) is 1. The van der Waals surface area contributed by atoms with E-state index in [2.05, 4.69) is 5.32 Å². The maximum atomic E-state index is 12.6. The average Bonchev–Trinajstić information content (AvgIpc) is 3.20. The second-order valence-electron chi connectivity index (χ2n) is 7.32. The van der Waals surface area contributed by atoms with Gasteiger partial charge in [0.25, 0.3) is 0 Å². The van der Waals surface area contributed by atoms with Gasteiger partial charge in [-0.1, -0.05) is 36.4 Å². The van der Waals surface area contributed by atoms with Gasteiger partial charge >= 0.3 is 0 Å². The van der Waals surface area contributed by atoms with Gasteiger partial charge in [-0.2, -0.15) is 0 Å². The molecule has 4 rings (SSSR count). The van der Waals surface area contributed by atoms with Crippen LogP contribution in [-0.2, 0) is 27.1 Å². The van der Waals surface area contributed by atoms with Gasteiger partial charge < -0.3 is 14.8 Å². The van der Waals surface area contributed by atoms with Gasteiger partial charge in [0.1, 0.15) is 0 Å². The number of amides is 1. The van der Waals surface area contributed by atoms with Crippen LogP contribution in [0, 0.1) is 5.92 Å². The second kappa shape index (κ2) is 8.42. The number of piperidine rings is 1. The van der Waals surface area contributed by atoms with Gasteiger partial charge in [0.2, 0.25) is 22.7 Å². The van der Waals surface area contributed by atoms with Crippen LogP contribution in [0.2, 0.25) is 0 Å². The van der Waals surface area contributed by atoms with Crippen LogP contribution < -0.4 is 14.8 Å². The maximum Gasteiger partial charge on any atom is 0.231 e. The van der Waals surface area contributed by atoms with Crippen LogP contribution in [0.15, 0.2) is 48.5 Å². The minimum atomic E-state index is -3.37. The van der Waals surface area contributed by atoms with Crippen LogP contribution in [0.1, 0.15) is 24.0 Å². The van der Waals surface area contributed by atoms with Crippen LogP contribution in [0.5, 0.6) is 11.5 Å². The highest BCUT2D eigenvalue weighted by molar-refractivity contribution is 7.88. The lowest BCUT2D eigenvalue weighted by atomic mass is 9.97. The third-order valence-corrected chi connectivity index (χ3v) is 7.16. The Balaban J connectivity index is 1.27. The molecule has 0 bridgehead atoms. The molecule has 8 heteroatoms. The smallest absolute Gasteiger partial charge is 0.231 e. The normalized spacial score (nSPS) is 17.2. The number of hydrogen-bond acceptors (Lipinski definition) is 5. The van der Waals surface area contributed by atoms with Crippen molar-refractivity contribution >= 4 is 15.9 Å². The Hall–Kier alpha value is -2.58. The summed E-state index contributed by atoms with van der Waals surface area (Å²) in [5.41, 5.74) is 1.71. The van der Waals surface area contributed by atoms with E-state index in [1.807, 2.05) is 48.5 Å². The molecule has 2 aromatic rings. The summed E-state index contributed by atoms with van der Waals surface area (Å²) in [5, 5.41) is 2.95. The fraction of sp³-hybridized carbons (Fsp3) is 0.381. The Bertz CT molecular complexity index is 970. The molecule has 0 unspecified atom stereocenters. The van der Waals surface area contributed by atoms with Crippen molar-refractivity contribution in [1.82, 2.24) is 9.62 Å². The molecule has 1 amide bonds. The molecule has 2 aliphatic rings. The SMILES string of the molecule is O=C(NCc1ccc2c(c1)OCO2)C1CCN(S(=O)(=O)Cc2ccccc2)CC1. The molecule has 154 valence electrons. The Labute approximate surface area is 170 Å². The molecular weight excluding hydrogens is 392 g/mol. The zero-order valence-electron chi connectivity index (χ0n) is 16.0. The second-order valence-corrected chi connectivity index (χ2v) is 9.29. The number of nitrogens with zero attached hydrogens (tertiary/aromatic N) is 1. The lowest BCUT2D eigenvalue weighted by molar-refractivity contribution is -0.126. The lowest BCUT2D eigenvalue weighted by Crippen LogP contribution is -2.43. The minimum Gasteiger partial charge on any atom is -0.454 e. The summed E-state index contributed by atoms with van der Waals surface area (Å²) >= 11 is 0. The molecule has 2 aliphatic heterocycles. The van der Waals surface area contributed by atoms with Crippen LogP contribution >= 0.6 is 0 Å². The van der Waals surface area contributed by atoms with Crippen molar-refractivity contribution in [1.29, 1.82) is 0 Å². The van der Waals surface area contributed by atoms with Crippen molar-refractivity contribution in [2.45, 2.75) is 25.1 Å². The summed E-state index contributed by atoms with van der Waals surface area (Å²) in [6.07, 6.45) is 1.06. The summed E-state index contributed by atoms with van der Waals surface area (Å²) in [5.74, 6) is 1.18. The van der Waals surface area contributed by atoms with Gasteiger partial charge in [-0.15, -0.1) is 0 Å². The van der Waals surface area contributed by atoms with E-state index in [4.69, 9.17) is 9.47 Å². The number of benzene rings is 2. The molecule has 0 aliphatic carbocycles. The highest BCUT2D eigenvalue weighted by Gasteiger charge is 2.31. The molecule has 1 fully saturated rings. The Kier molecular flexibility index (Phi) is 5.73. The largest absolute Gasteiger partial charge is 0.454 e. The van der Waals surface area contributed by atoms with E-state index in [9.17, 15) is 13.2 Å². The molecule has 2 heterocycles. The molecule has 1 N–H and O–H groups in total. The van der Waals surface area contributed by atoms with Crippen LogP contribution in [0.4, 0.5) is 0 Å². The number of carbonyl (C=O) groups is 1. The Morgan fingerprint density at radius 3 is 2.48 bits per heavy atom. The van der Waals surface area contributed by atoms with Gasteiger partial charge in [-0.05, 0) is 36.1 Å². The monoisotopic (exact) mass is 416 g/mol. The molecule has 2 aromatic carbocycles. The Morgan fingerprint density at radius 1 is 1.00 bits per heavy atom. The van der Waals surface area contributed by atoms with E-state index >= 15 is 0 Å². The molecule has 1 saturated heterocycles. The van der Waals surface area contributed by atoms with Gasteiger partial charge in [-0.3, -0.25) is 4.79 Å². The van der Waals surface area contributed by atoms with Crippen molar-refractivity contribution < 1.29 is 22.7 Å². The first-order chi connectivity index (χ1) is 14.0. The Morgan fingerprint density at radius 2 is 1.72 bits per heavy atom. The third kappa shape index (κ3) is 4.71. The molecule has 0 radical (unpaired) electrons. The zero-order valence-corrected chi connectivity index (χ0v) is 16.9. The van der Waals surface area contributed by atoms with E-state index in [0.717, 1.165) is 11.1 Å². The molecule has 0 atom stereocenters. The summed E-state index contributed by atoms with van der Waals surface area (Å²) in [4.78, 5) is 12.5. The van der Waals surface area contributed by atoms with Crippen molar-refractivity contribution in [2.75, 3.05) is 19.9 Å². The van der Waals surface area contributed by atoms with Crippen molar-refractivity contribution in [2.24, 2.45) is 5.92 Å². The number of rotatable bonds is 6. The third-order valence-electron chi connectivity index (χ3n) is 5.31. The molecule has 0 aromatic heterocycles. The number of fused-ring (bicyclic) bond motifs is 1.